The quantitative estimate of drug-likeness (QED) is 0.671. The fourth-order valence-electron chi connectivity index (χ4n) is 2.06. The number of carbonyl (C=O) groups is 1. The third kappa shape index (κ3) is 4.54. The number of methoxy groups -OCH3 is 1. The van der Waals surface area contributed by atoms with Crippen LogP contribution in [0.5, 0.6) is 5.75 Å². The van der Waals surface area contributed by atoms with E-state index in [9.17, 15) is 4.79 Å². The highest BCUT2D eigenvalue weighted by Gasteiger charge is 2.09. The van der Waals surface area contributed by atoms with Crippen LogP contribution in [0, 0.1) is 0 Å². The number of anilines is 3. The second-order valence-electron chi connectivity index (χ2n) is 5.10. The first kappa shape index (κ1) is 16.9. The molecule has 0 unspecified atom stereocenters. The minimum Gasteiger partial charge on any atom is -0.497 e. The molecule has 7 heteroatoms. The van der Waals surface area contributed by atoms with E-state index in [0.717, 1.165) is 15.9 Å². The molecule has 3 aromatic rings. The summed E-state index contributed by atoms with van der Waals surface area (Å²) in [7, 11) is 1.59. The van der Waals surface area contributed by atoms with Gasteiger partial charge in [0.15, 0.2) is 0 Å². The summed E-state index contributed by atoms with van der Waals surface area (Å²) in [6.45, 7) is 0. The standard InChI is InChI=1S/C18H15BrN4O2/c1-25-15-8-6-14(7-9-15)23-18(24)16-10-21-17(11-20-16)22-13-4-2-12(19)3-5-13/h2-11H,1H3,(H,21,22)(H,23,24). The molecule has 0 atom stereocenters. The predicted molar refractivity (Wildman–Crippen MR) is 100 cm³/mol. The largest absolute Gasteiger partial charge is 0.497 e. The third-order valence-corrected chi connectivity index (χ3v) is 3.88. The lowest BCUT2D eigenvalue weighted by atomic mass is 10.3. The average molecular weight is 399 g/mol. The molecule has 1 heterocycles. The van der Waals surface area contributed by atoms with E-state index in [2.05, 4.69) is 36.5 Å². The van der Waals surface area contributed by atoms with Crippen LogP contribution in [0.25, 0.3) is 0 Å². The van der Waals surface area contributed by atoms with Crippen LogP contribution in [0.2, 0.25) is 0 Å². The first-order valence-electron chi connectivity index (χ1n) is 7.44. The molecule has 2 aromatic carbocycles. The van der Waals surface area contributed by atoms with Gasteiger partial charge >= 0.3 is 0 Å². The maximum absolute atomic E-state index is 12.2. The maximum Gasteiger partial charge on any atom is 0.275 e. The van der Waals surface area contributed by atoms with E-state index in [4.69, 9.17) is 4.74 Å². The summed E-state index contributed by atoms with van der Waals surface area (Å²) in [5.74, 6) is 0.956. The average Bonchev–Trinajstić information content (AvgIpc) is 2.65. The molecule has 0 aliphatic carbocycles. The second kappa shape index (κ2) is 7.76. The van der Waals surface area contributed by atoms with Crippen LogP contribution in [0.4, 0.5) is 17.2 Å². The van der Waals surface area contributed by atoms with Crippen molar-refractivity contribution in [3.05, 3.63) is 71.1 Å². The van der Waals surface area contributed by atoms with Gasteiger partial charge in [-0.25, -0.2) is 9.97 Å². The van der Waals surface area contributed by atoms with Gasteiger partial charge in [-0.15, -0.1) is 0 Å². The van der Waals surface area contributed by atoms with Crippen molar-refractivity contribution in [3.63, 3.8) is 0 Å². The molecule has 0 saturated heterocycles. The zero-order chi connectivity index (χ0) is 17.6. The van der Waals surface area contributed by atoms with Crippen molar-refractivity contribution in [3.8, 4) is 5.75 Å². The van der Waals surface area contributed by atoms with Gasteiger partial charge in [-0.05, 0) is 48.5 Å². The summed E-state index contributed by atoms with van der Waals surface area (Å²) >= 11 is 3.38. The van der Waals surface area contributed by atoms with Crippen LogP contribution in [0.15, 0.2) is 65.4 Å². The number of amides is 1. The summed E-state index contributed by atoms with van der Waals surface area (Å²) in [6.07, 6.45) is 2.95. The van der Waals surface area contributed by atoms with Gasteiger partial charge in [-0.3, -0.25) is 4.79 Å². The van der Waals surface area contributed by atoms with Crippen LogP contribution < -0.4 is 15.4 Å². The van der Waals surface area contributed by atoms with Gasteiger partial charge in [0.2, 0.25) is 0 Å². The van der Waals surface area contributed by atoms with E-state index in [0.29, 0.717) is 11.5 Å². The van der Waals surface area contributed by atoms with Crippen LogP contribution in [0.1, 0.15) is 10.5 Å². The summed E-state index contributed by atoms with van der Waals surface area (Å²) in [6, 6.07) is 14.7. The Balaban J connectivity index is 1.64. The lowest BCUT2D eigenvalue weighted by molar-refractivity contribution is 0.102. The van der Waals surface area contributed by atoms with E-state index in [1.165, 1.54) is 12.4 Å². The highest BCUT2D eigenvalue weighted by atomic mass is 79.9. The molecule has 0 fully saturated rings. The van der Waals surface area contributed by atoms with Gasteiger partial charge in [-0.2, -0.15) is 0 Å². The van der Waals surface area contributed by atoms with Gasteiger partial charge in [0.05, 0.1) is 19.5 Å². The van der Waals surface area contributed by atoms with E-state index in [1.807, 2.05) is 24.3 Å². The minimum atomic E-state index is -0.326. The number of nitrogens with one attached hydrogen (secondary N) is 2. The molecule has 25 heavy (non-hydrogen) atoms. The van der Waals surface area contributed by atoms with E-state index in [1.54, 1.807) is 31.4 Å². The number of carbonyl (C=O) groups excluding carboxylic acids is 1. The Kier molecular flexibility index (Phi) is 5.25. The summed E-state index contributed by atoms with van der Waals surface area (Å²) in [5, 5.41) is 5.88. The van der Waals surface area contributed by atoms with E-state index < -0.39 is 0 Å². The number of benzene rings is 2. The molecule has 0 saturated carbocycles. The lowest BCUT2D eigenvalue weighted by Gasteiger charge is -2.07. The van der Waals surface area contributed by atoms with Crippen molar-refractivity contribution in [2.45, 2.75) is 0 Å². The Bertz CT molecular complexity index is 850. The number of hydrogen-bond donors (Lipinski definition) is 2. The molecule has 0 aliphatic rings. The van der Waals surface area contributed by atoms with Crippen molar-refractivity contribution in [1.29, 1.82) is 0 Å². The summed E-state index contributed by atoms with van der Waals surface area (Å²) in [5.41, 5.74) is 1.77. The first-order chi connectivity index (χ1) is 12.1. The predicted octanol–water partition coefficient (Wildman–Crippen LogP) is 4.24. The monoisotopic (exact) mass is 398 g/mol. The molecule has 0 spiro atoms. The molecule has 0 bridgehead atoms. The normalized spacial score (nSPS) is 10.2. The topological polar surface area (TPSA) is 76.1 Å². The molecule has 1 amide bonds. The smallest absolute Gasteiger partial charge is 0.275 e. The molecule has 2 N–H and O–H groups in total. The molecule has 126 valence electrons. The molecule has 6 nitrogen and oxygen atoms in total. The van der Waals surface area contributed by atoms with Crippen molar-refractivity contribution in [2.75, 3.05) is 17.7 Å². The van der Waals surface area contributed by atoms with Crippen LogP contribution in [0.3, 0.4) is 0 Å². The van der Waals surface area contributed by atoms with E-state index >= 15 is 0 Å². The van der Waals surface area contributed by atoms with E-state index in [-0.39, 0.29) is 11.6 Å². The van der Waals surface area contributed by atoms with Gasteiger partial charge in [0.1, 0.15) is 17.3 Å². The third-order valence-electron chi connectivity index (χ3n) is 3.35. The van der Waals surface area contributed by atoms with Gasteiger partial charge in [-0.1, -0.05) is 15.9 Å². The summed E-state index contributed by atoms with van der Waals surface area (Å²) < 4.78 is 6.08. The van der Waals surface area contributed by atoms with Crippen molar-refractivity contribution in [2.24, 2.45) is 0 Å². The Hall–Kier alpha value is -2.93. The lowest BCUT2D eigenvalue weighted by Crippen LogP contribution is -2.14. The second-order valence-corrected chi connectivity index (χ2v) is 6.02. The Morgan fingerprint density at radius 1 is 0.960 bits per heavy atom. The molecule has 0 radical (unpaired) electrons. The van der Waals surface area contributed by atoms with Crippen molar-refractivity contribution in [1.82, 2.24) is 9.97 Å². The fraction of sp³-hybridized carbons (Fsp3) is 0.0556. The number of rotatable bonds is 5. The minimum absolute atomic E-state index is 0.233. The Morgan fingerprint density at radius 3 is 2.24 bits per heavy atom. The van der Waals surface area contributed by atoms with Crippen LogP contribution >= 0.6 is 15.9 Å². The molecule has 1 aromatic heterocycles. The zero-order valence-electron chi connectivity index (χ0n) is 13.4. The van der Waals surface area contributed by atoms with Crippen LogP contribution in [-0.2, 0) is 0 Å². The molecule has 0 aliphatic heterocycles. The van der Waals surface area contributed by atoms with Crippen LogP contribution in [-0.4, -0.2) is 23.0 Å². The highest BCUT2D eigenvalue weighted by molar-refractivity contribution is 9.10. The molecular weight excluding hydrogens is 384 g/mol. The first-order valence-corrected chi connectivity index (χ1v) is 8.23. The van der Waals surface area contributed by atoms with Gasteiger partial charge in [0.25, 0.3) is 5.91 Å². The summed E-state index contributed by atoms with van der Waals surface area (Å²) in [4.78, 5) is 20.6. The van der Waals surface area contributed by atoms with Crippen molar-refractivity contribution < 1.29 is 9.53 Å². The Morgan fingerprint density at radius 2 is 1.64 bits per heavy atom. The van der Waals surface area contributed by atoms with Crippen molar-refractivity contribution >= 4 is 39.0 Å². The number of aromatic nitrogens is 2. The zero-order valence-corrected chi connectivity index (χ0v) is 14.9. The van der Waals surface area contributed by atoms with Gasteiger partial charge in [0, 0.05) is 15.8 Å². The highest BCUT2D eigenvalue weighted by Crippen LogP contribution is 2.18. The number of nitrogens with zero attached hydrogens (tertiary/aromatic N) is 2. The molecular formula is C18H15BrN4O2. The number of halogens is 1. The fourth-order valence-corrected chi connectivity index (χ4v) is 2.32. The number of ether oxygens (including phenoxy) is 1. The Labute approximate surface area is 153 Å². The number of hydrogen-bond acceptors (Lipinski definition) is 5. The van der Waals surface area contributed by atoms with Gasteiger partial charge < -0.3 is 15.4 Å². The maximum atomic E-state index is 12.2. The molecule has 3 rings (SSSR count). The SMILES string of the molecule is COc1ccc(NC(=O)c2cnc(Nc3ccc(Br)cc3)cn2)cc1.